The van der Waals surface area contributed by atoms with Crippen molar-refractivity contribution in [2.75, 3.05) is 356 Å². The highest BCUT2D eigenvalue weighted by Crippen LogP contribution is 2.07. The van der Waals surface area contributed by atoms with Crippen LogP contribution in [0.15, 0.2) is 5.11 Å². The maximum absolute atomic E-state index is 11.6. The molecule has 2 amide bonds. The SMILES string of the molecule is CC(C)(C)OC(=O)NCCOCCOCCOCCOCCOCCOCCOCCOCCN(CCOCCOCCOCCOCCOCCOCCOCCOCCN=[N+]=[N-])CCOCCOCCOCCOCCOCCOCCOCCOCCNC(=O)OC(C)(C)C. The van der Waals surface area contributed by atoms with E-state index in [2.05, 4.69) is 25.6 Å². The number of nitrogens with one attached hydrogen (secondary N) is 2. The Labute approximate surface area is 583 Å². The Hall–Kier alpha value is -3.15. The van der Waals surface area contributed by atoms with E-state index in [1.165, 1.54) is 0 Å². The number of nitrogens with zero attached hydrogens (tertiary/aromatic N) is 4. The number of amides is 2. The van der Waals surface area contributed by atoms with Crippen molar-refractivity contribution >= 4 is 12.2 Å². The summed E-state index contributed by atoms with van der Waals surface area (Å²) in [6.45, 7) is 35.7. The topological polar surface area (TPSA) is 350 Å². The van der Waals surface area contributed by atoms with Crippen LogP contribution in [0.25, 0.3) is 10.4 Å². The second-order valence-electron chi connectivity index (χ2n) is 22.4. The molecule has 34 nitrogen and oxygen atoms in total. The molecule has 0 unspecified atom stereocenters. The van der Waals surface area contributed by atoms with Crippen LogP contribution in [0.4, 0.5) is 9.59 Å². The Kier molecular flexibility index (Phi) is 75.5. The molecule has 0 aromatic heterocycles. The third-order valence-corrected chi connectivity index (χ3v) is 11.7. The van der Waals surface area contributed by atoms with Gasteiger partial charge < -0.3 is 134 Å². The molecule has 0 fully saturated rings. The zero-order chi connectivity index (χ0) is 71.1. The van der Waals surface area contributed by atoms with Gasteiger partial charge in [-0.1, -0.05) is 5.11 Å². The van der Waals surface area contributed by atoms with Gasteiger partial charge in [0.1, 0.15) is 11.2 Å². The lowest BCUT2D eigenvalue weighted by Crippen LogP contribution is -2.34. The summed E-state index contributed by atoms with van der Waals surface area (Å²) in [5.74, 6) is 0. The van der Waals surface area contributed by atoms with E-state index < -0.39 is 23.4 Å². The Balaban J connectivity index is 4.05. The van der Waals surface area contributed by atoms with E-state index >= 15 is 0 Å². The van der Waals surface area contributed by atoms with Crippen LogP contribution < -0.4 is 10.6 Å². The number of hydrogen-bond acceptors (Lipinski definition) is 30. The number of alkyl carbamates (subject to hydrolysis) is 2. The van der Waals surface area contributed by atoms with Gasteiger partial charge in [0.15, 0.2) is 0 Å². The van der Waals surface area contributed by atoms with Crippen LogP contribution >= 0.6 is 0 Å². The van der Waals surface area contributed by atoms with Gasteiger partial charge in [0.25, 0.3) is 0 Å². The van der Waals surface area contributed by atoms with E-state index in [-0.39, 0.29) is 0 Å². The fourth-order valence-corrected chi connectivity index (χ4v) is 7.07. The molecule has 0 atom stereocenters. The van der Waals surface area contributed by atoms with E-state index in [4.69, 9.17) is 129 Å². The van der Waals surface area contributed by atoms with Crippen LogP contribution in [0.5, 0.6) is 0 Å². The van der Waals surface area contributed by atoms with Gasteiger partial charge in [-0.05, 0) is 47.1 Å². The van der Waals surface area contributed by atoms with Gasteiger partial charge in [-0.3, -0.25) is 4.90 Å². The second kappa shape index (κ2) is 78.0. The molecule has 0 aromatic rings. The minimum Gasteiger partial charge on any atom is -0.444 e. The van der Waals surface area contributed by atoms with Gasteiger partial charge in [0, 0.05) is 44.2 Å². The molecule has 0 radical (unpaired) electrons. The number of hydrogen-bond donors (Lipinski definition) is 2. The predicted molar refractivity (Wildman–Crippen MR) is 359 cm³/mol. The summed E-state index contributed by atoms with van der Waals surface area (Å²) in [4.78, 5) is 28.1. The lowest BCUT2D eigenvalue weighted by molar-refractivity contribution is -0.0261. The summed E-state index contributed by atoms with van der Waals surface area (Å²) < 4.78 is 144. The van der Waals surface area contributed by atoms with Crippen molar-refractivity contribution in [1.29, 1.82) is 0 Å². The fourth-order valence-electron chi connectivity index (χ4n) is 7.07. The van der Waals surface area contributed by atoms with E-state index in [0.717, 1.165) is 0 Å². The molecule has 0 heterocycles. The molecule has 0 saturated carbocycles. The maximum atomic E-state index is 11.6. The average Bonchev–Trinajstić information content (AvgIpc) is 3.15. The quantitative estimate of drug-likeness (QED) is 0.0382. The minimum atomic E-state index is -0.533. The number of carbonyl (C=O) groups is 2. The summed E-state index contributed by atoms with van der Waals surface area (Å²) in [5.41, 5.74) is 7.16. The average molecular weight is 1430 g/mol. The molecule has 582 valence electrons. The number of rotatable bonds is 81. The summed E-state index contributed by atoms with van der Waals surface area (Å²) in [6.07, 6.45) is -0.930. The second-order valence-corrected chi connectivity index (χ2v) is 22.4. The zero-order valence-electron chi connectivity index (χ0n) is 60.4. The van der Waals surface area contributed by atoms with E-state index in [0.29, 0.717) is 356 Å². The fraction of sp³-hybridized carbons (Fsp3) is 0.969. The van der Waals surface area contributed by atoms with Crippen molar-refractivity contribution in [2.45, 2.75) is 52.7 Å². The molecule has 0 aliphatic carbocycles. The lowest BCUT2D eigenvalue weighted by atomic mass is 10.2. The first-order chi connectivity index (χ1) is 47.9. The van der Waals surface area contributed by atoms with E-state index in [1.807, 2.05) is 41.5 Å². The van der Waals surface area contributed by atoms with Crippen LogP contribution in [-0.2, 0) is 123 Å². The number of azide groups is 1. The Morgan fingerprint density at radius 2 is 0.418 bits per heavy atom. The normalized spacial score (nSPS) is 11.9. The first kappa shape index (κ1) is 94.8. The van der Waals surface area contributed by atoms with Crippen LogP contribution in [0, 0.1) is 0 Å². The van der Waals surface area contributed by atoms with Crippen molar-refractivity contribution < 1.29 is 133 Å². The third kappa shape index (κ3) is 85.3. The molecule has 34 heteroatoms. The highest BCUT2D eigenvalue weighted by atomic mass is 16.6. The standard InChI is InChI=1S/C64H128N6O28/c1-63(2,3)97-61(71)66-7-13-73-19-25-79-31-37-85-43-49-91-55-58-94-52-46-88-40-34-82-28-22-76-16-10-70(12-18-78-24-30-84-36-42-90-48-54-96-60-57-93-51-45-87-39-33-81-27-21-75-15-9-68-69-65)11-17-77-23-29-83-35-41-89-47-53-95-59-56-92-50-44-86-38-32-80-26-20-74-14-8-67-62(72)98-64(4,5)6/h7-60H2,1-6H3,(H,66,71)(H,67,72). The molecular weight excluding hydrogens is 1300 g/mol. The summed E-state index contributed by atoms with van der Waals surface area (Å²) in [5, 5.41) is 8.67. The molecular formula is C64H128N6O28. The van der Waals surface area contributed by atoms with Crippen molar-refractivity contribution in [2.24, 2.45) is 5.11 Å². The Morgan fingerprint density at radius 1 is 0.265 bits per heavy atom. The van der Waals surface area contributed by atoms with Crippen molar-refractivity contribution in [3.8, 4) is 0 Å². The van der Waals surface area contributed by atoms with Crippen LogP contribution in [-0.4, -0.2) is 385 Å². The van der Waals surface area contributed by atoms with Gasteiger partial charge in [-0.15, -0.1) is 0 Å². The molecule has 0 saturated heterocycles. The third-order valence-electron chi connectivity index (χ3n) is 11.7. The van der Waals surface area contributed by atoms with Gasteiger partial charge >= 0.3 is 12.2 Å². The van der Waals surface area contributed by atoms with Crippen LogP contribution in [0.3, 0.4) is 0 Å². The molecule has 0 rings (SSSR count). The van der Waals surface area contributed by atoms with Gasteiger partial charge in [-0.2, -0.15) is 0 Å². The van der Waals surface area contributed by atoms with Crippen molar-refractivity contribution in [3.05, 3.63) is 10.4 Å². The van der Waals surface area contributed by atoms with Gasteiger partial charge in [-0.25, -0.2) is 9.59 Å². The lowest BCUT2D eigenvalue weighted by Gasteiger charge is -2.22. The molecule has 2 N–H and O–H groups in total. The maximum Gasteiger partial charge on any atom is 0.407 e. The summed E-state index contributed by atoms with van der Waals surface area (Å²) in [6, 6.07) is 0. The first-order valence-corrected chi connectivity index (χ1v) is 34.5. The summed E-state index contributed by atoms with van der Waals surface area (Å²) >= 11 is 0. The molecule has 0 aliphatic rings. The van der Waals surface area contributed by atoms with E-state index in [9.17, 15) is 9.59 Å². The van der Waals surface area contributed by atoms with Crippen LogP contribution in [0.1, 0.15) is 41.5 Å². The van der Waals surface area contributed by atoms with Gasteiger partial charge in [0.05, 0.1) is 317 Å². The van der Waals surface area contributed by atoms with Gasteiger partial charge in [0.2, 0.25) is 0 Å². The molecule has 0 aliphatic heterocycles. The molecule has 0 aromatic carbocycles. The Morgan fingerprint density at radius 3 is 0.582 bits per heavy atom. The molecule has 98 heavy (non-hydrogen) atoms. The highest BCUT2D eigenvalue weighted by molar-refractivity contribution is 5.67. The molecule has 0 spiro atoms. The first-order valence-electron chi connectivity index (χ1n) is 34.5. The predicted octanol–water partition coefficient (Wildman–Crippen LogP) is 3.05. The van der Waals surface area contributed by atoms with Crippen LogP contribution in [0.2, 0.25) is 0 Å². The number of carbonyl (C=O) groups excluding carboxylic acids is 2. The van der Waals surface area contributed by atoms with E-state index in [1.54, 1.807) is 0 Å². The zero-order valence-corrected chi connectivity index (χ0v) is 60.4. The largest absolute Gasteiger partial charge is 0.444 e. The highest BCUT2D eigenvalue weighted by Gasteiger charge is 2.17. The summed E-state index contributed by atoms with van der Waals surface area (Å²) in [7, 11) is 0. The Bertz CT molecular complexity index is 1600. The monoisotopic (exact) mass is 1430 g/mol. The van der Waals surface area contributed by atoms with Crippen molar-refractivity contribution in [3.63, 3.8) is 0 Å². The smallest absolute Gasteiger partial charge is 0.407 e. The molecule has 0 bridgehead atoms. The van der Waals surface area contributed by atoms with Crippen molar-refractivity contribution in [1.82, 2.24) is 15.5 Å². The number of ether oxygens (including phenoxy) is 26. The minimum absolute atomic E-state index is 0.309.